The first-order valence-electron chi connectivity index (χ1n) is 6.76. The Morgan fingerprint density at radius 1 is 1.33 bits per heavy atom. The second-order valence-corrected chi connectivity index (χ2v) is 5.63. The van der Waals surface area contributed by atoms with Crippen LogP contribution in [0.4, 0.5) is 5.69 Å². The number of carbonyl (C=O) groups is 1. The first-order chi connectivity index (χ1) is 8.65. The minimum absolute atomic E-state index is 0.387. The van der Waals surface area contributed by atoms with Crippen molar-refractivity contribution in [2.24, 2.45) is 5.92 Å². The summed E-state index contributed by atoms with van der Waals surface area (Å²) < 4.78 is 0. The fraction of sp³-hybridized carbons (Fsp3) is 0.533. The van der Waals surface area contributed by atoms with Crippen LogP contribution in [-0.4, -0.2) is 23.7 Å². The largest absolute Gasteiger partial charge is 0.478 e. The monoisotopic (exact) mass is 245 g/mol. The van der Waals surface area contributed by atoms with E-state index in [2.05, 4.69) is 4.90 Å². The third-order valence-corrected chi connectivity index (χ3v) is 3.89. The number of hydrogen-bond donors (Lipinski definition) is 1. The van der Waals surface area contributed by atoms with Gasteiger partial charge in [-0.3, -0.25) is 0 Å². The van der Waals surface area contributed by atoms with E-state index < -0.39 is 5.97 Å². The molecule has 0 saturated heterocycles. The van der Waals surface area contributed by atoms with Crippen molar-refractivity contribution in [3.05, 3.63) is 29.3 Å². The molecule has 3 nitrogen and oxygen atoms in total. The number of aryl methyl sites for hydroxylation is 1. The highest BCUT2D eigenvalue weighted by atomic mass is 16.4. The van der Waals surface area contributed by atoms with Gasteiger partial charge >= 0.3 is 5.97 Å². The lowest BCUT2D eigenvalue weighted by atomic mass is 10.1. The highest BCUT2D eigenvalue weighted by Crippen LogP contribution is 2.38. The van der Waals surface area contributed by atoms with Gasteiger partial charge in [0.2, 0.25) is 0 Å². The normalized spacial score (nSPS) is 18.7. The topological polar surface area (TPSA) is 40.5 Å². The summed E-state index contributed by atoms with van der Waals surface area (Å²) in [5.41, 5.74) is 2.70. The summed E-state index contributed by atoms with van der Waals surface area (Å²) in [6, 6.07) is 6.20. The van der Waals surface area contributed by atoms with E-state index in [1.165, 1.54) is 31.4 Å². The highest BCUT2D eigenvalue weighted by molar-refractivity contribution is 5.88. The molecule has 0 atom stereocenters. The number of rotatable bonds is 5. The fourth-order valence-electron chi connectivity index (χ4n) is 2.52. The molecule has 3 rings (SSSR count). The first kappa shape index (κ1) is 11.6. The van der Waals surface area contributed by atoms with Gasteiger partial charge in [0.15, 0.2) is 0 Å². The summed E-state index contributed by atoms with van der Waals surface area (Å²) in [5, 5.41) is 9.00. The van der Waals surface area contributed by atoms with Gasteiger partial charge in [-0.2, -0.15) is 0 Å². The third-order valence-electron chi connectivity index (χ3n) is 3.89. The zero-order chi connectivity index (χ0) is 12.7. The maximum Gasteiger partial charge on any atom is 0.335 e. The van der Waals surface area contributed by atoms with Gasteiger partial charge in [-0.15, -0.1) is 0 Å². The van der Waals surface area contributed by atoms with Crippen molar-refractivity contribution in [3.8, 4) is 0 Å². The third kappa shape index (κ3) is 2.35. The van der Waals surface area contributed by atoms with Crippen molar-refractivity contribution in [2.45, 2.75) is 38.6 Å². The van der Waals surface area contributed by atoms with Gasteiger partial charge in [-0.1, -0.05) is 0 Å². The maximum atomic E-state index is 11.0. The molecule has 0 radical (unpaired) electrons. The second kappa shape index (κ2) is 4.30. The van der Waals surface area contributed by atoms with Crippen LogP contribution in [0.3, 0.4) is 0 Å². The Bertz CT molecular complexity index is 475. The molecule has 96 valence electrons. The number of nitrogens with zero attached hydrogens (tertiary/aromatic N) is 1. The van der Waals surface area contributed by atoms with E-state index in [1.807, 2.05) is 13.0 Å². The number of carboxylic acid groups (broad SMARTS) is 1. The Balaban J connectivity index is 1.86. The molecule has 0 aliphatic heterocycles. The lowest BCUT2D eigenvalue weighted by Gasteiger charge is -2.26. The number of benzene rings is 1. The summed E-state index contributed by atoms with van der Waals surface area (Å²) in [6.07, 6.45) is 5.28. The van der Waals surface area contributed by atoms with Gasteiger partial charge in [0.25, 0.3) is 0 Å². The number of aromatic carboxylic acids is 1. The predicted molar refractivity (Wildman–Crippen MR) is 71.2 cm³/mol. The summed E-state index contributed by atoms with van der Waals surface area (Å²) >= 11 is 0. The van der Waals surface area contributed by atoms with Gasteiger partial charge in [0.1, 0.15) is 0 Å². The molecule has 2 fully saturated rings. The first-order valence-corrected chi connectivity index (χ1v) is 6.76. The summed E-state index contributed by atoms with van der Waals surface area (Å²) in [4.78, 5) is 13.5. The van der Waals surface area contributed by atoms with Crippen LogP contribution in [0.25, 0.3) is 0 Å². The van der Waals surface area contributed by atoms with Crippen molar-refractivity contribution in [3.63, 3.8) is 0 Å². The Morgan fingerprint density at radius 3 is 2.56 bits per heavy atom. The molecule has 0 spiro atoms. The summed E-state index contributed by atoms with van der Waals surface area (Å²) in [5.74, 6) is 0.0222. The van der Waals surface area contributed by atoms with Crippen LogP contribution in [0.1, 0.15) is 41.6 Å². The predicted octanol–water partition coefficient (Wildman–Crippen LogP) is 3.07. The minimum atomic E-state index is -0.843. The highest BCUT2D eigenvalue weighted by Gasteiger charge is 2.34. The molecule has 0 unspecified atom stereocenters. The average molecular weight is 245 g/mol. The Hall–Kier alpha value is -1.51. The Kier molecular flexibility index (Phi) is 2.77. The molecular weight excluding hydrogens is 226 g/mol. The molecule has 0 heterocycles. The molecular formula is C15H19NO2. The number of hydrogen-bond acceptors (Lipinski definition) is 2. The number of anilines is 1. The molecule has 1 aromatic rings. The van der Waals surface area contributed by atoms with Crippen LogP contribution in [-0.2, 0) is 0 Å². The fourth-order valence-corrected chi connectivity index (χ4v) is 2.52. The Morgan fingerprint density at radius 2 is 2.06 bits per heavy atom. The van der Waals surface area contributed by atoms with Gasteiger partial charge in [0.05, 0.1) is 5.56 Å². The van der Waals surface area contributed by atoms with E-state index in [4.69, 9.17) is 5.11 Å². The quantitative estimate of drug-likeness (QED) is 0.866. The zero-order valence-electron chi connectivity index (χ0n) is 10.7. The molecule has 1 aromatic carbocycles. The molecule has 2 aliphatic carbocycles. The molecule has 0 amide bonds. The van der Waals surface area contributed by atoms with E-state index >= 15 is 0 Å². The van der Waals surface area contributed by atoms with Crippen LogP contribution in [0, 0.1) is 12.8 Å². The SMILES string of the molecule is Cc1cc(C(=O)O)ccc1N(CC1CC1)C1CC1. The summed E-state index contributed by atoms with van der Waals surface area (Å²) in [6.45, 7) is 3.17. The standard InChI is InChI=1S/C15H19NO2/c1-10-8-12(15(17)18)4-7-14(10)16(13-5-6-13)9-11-2-3-11/h4,7-8,11,13H,2-3,5-6,9H2,1H3,(H,17,18). The molecule has 1 N–H and O–H groups in total. The maximum absolute atomic E-state index is 11.0. The van der Waals surface area contributed by atoms with Crippen molar-refractivity contribution in [1.29, 1.82) is 0 Å². The molecule has 2 saturated carbocycles. The van der Waals surface area contributed by atoms with E-state index in [-0.39, 0.29) is 0 Å². The minimum Gasteiger partial charge on any atom is -0.478 e. The van der Waals surface area contributed by atoms with Gasteiger partial charge in [0, 0.05) is 18.3 Å². The lowest BCUT2D eigenvalue weighted by Crippen LogP contribution is -2.28. The summed E-state index contributed by atoms with van der Waals surface area (Å²) in [7, 11) is 0. The Labute approximate surface area is 107 Å². The van der Waals surface area contributed by atoms with Crippen LogP contribution in [0.15, 0.2) is 18.2 Å². The van der Waals surface area contributed by atoms with E-state index in [0.717, 1.165) is 18.0 Å². The van der Waals surface area contributed by atoms with Crippen molar-refractivity contribution >= 4 is 11.7 Å². The molecule has 0 aromatic heterocycles. The van der Waals surface area contributed by atoms with E-state index in [1.54, 1.807) is 12.1 Å². The zero-order valence-corrected chi connectivity index (χ0v) is 10.7. The van der Waals surface area contributed by atoms with Gasteiger partial charge in [-0.25, -0.2) is 4.79 Å². The van der Waals surface area contributed by atoms with Gasteiger partial charge < -0.3 is 10.0 Å². The van der Waals surface area contributed by atoms with Crippen LogP contribution >= 0.6 is 0 Å². The molecule has 0 bridgehead atoms. The van der Waals surface area contributed by atoms with Crippen molar-refractivity contribution in [1.82, 2.24) is 0 Å². The average Bonchev–Trinajstić information content (AvgIpc) is 3.19. The van der Waals surface area contributed by atoms with E-state index in [9.17, 15) is 4.79 Å². The van der Waals surface area contributed by atoms with Crippen LogP contribution in [0.2, 0.25) is 0 Å². The molecule has 18 heavy (non-hydrogen) atoms. The second-order valence-electron chi connectivity index (χ2n) is 5.63. The number of carboxylic acids is 1. The smallest absolute Gasteiger partial charge is 0.335 e. The van der Waals surface area contributed by atoms with Crippen molar-refractivity contribution in [2.75, 3.05) is 11.4 Å². The van der Waals surface area contributed by atoms with Crippen LogP contribution < -0.4 is 4.90 Å². The van der Waals surface area contributed by atoms with Gasteiger partial charge in [-0.05, 0) is 62.3 Å². The molecule has 3 heteroatoms. The van der Waals surface area contributed by atoms with E-state index in [0.29, 0.717) is 11.6 Å². The molecule has 2 aliphatic rings. The lowest BCUT2D eigenvalue weighted by molar-refractivity contribution is 0.0697. The van der Waals surface area contributed by atoms with Crippen LogP contribution in [0.5, 0.6) is 0 Å². The van der Waals surface area contributed by atoms with Crippen molar-refractivity contribution < 1.29 is 9.90 Å².